The molecule has 4 heteroatoms. The van der Waals surface area contributed by atoms with Gasteiger partial charge in [0, 0.05) is 12.1 Å². The van der Waals surface area contributed by atoms with Crippen molar-refractivity contribution in [2.75, 3.05) is 11.9 Å². The molecule has 0 fully saturated rings. The molecular weight excluding hydrogens is 204 g/mol. The van der Waals surface area contributed by atoms with Gasteiger partial charge in [-0.25, -0.2) is 0 Å². The van der Waals surface area contributed by atoms with Crippen LogP contribution in [0.1, 0.15) is 18.9 Å². The van der Waals surface area contributed by atoms with Gasteiger partial charge < -0.3 is 16.2 Å². The first-order valence-corrected chi connectivity index (χ1v) is 5.35. The summed E-state index contributed by atoms with van der Waals surface area (Å²) in [5.41, 5.74) is 6.94. The highest BCUT2D eigenvalue weighted by Gasteiger charge is 2.07. The van der Waals surface area contributed by atoms with Crippen LogP contribution in [-0.4, -0.2) is 17.6 Å². The first-order chi connectivity index (χ1) is 7.65. The van der Waals surface area contributed by atoms with Crippen molar-refractivity contribution in [1.29, 1.82) is 0 Å². The highest BCUT2D eigenvalue weighted by atomic mass is 16.3. The molecule has 1 atom stereocenters. The van der Waals surface area contributed by atoms with E-state index < -0.39 is 0 Å². The molecule has 1 aromatic carbocycles. The van der Waals surface area contributed by atoms with Crippen LogP contribution in [0.2, 0.25) is 0 Å². The van der Waals surface area contributed by atoms with E-state index in [0.29, 0.717) is 18.7 Å². The Morgan fingerprint density at radius 1 is 1.56 bits per heavy atom. The molecule has 0 saturated carbocycles. The third-order valence-corrected chi connectivity index (χ3v) is 2.33. The Bertz CT molecular complexity index is 353. The number of hydrogen-bond donors (Lipinski definition) is 3. The van der Waals surface area contributed by atoms with Gasteiger partial charge in [-0.1, -0.05) is 19.1 Å². The van der Waals surface area contributed by atoms with Gasteiger partial charge in [0.1, 0.15) is 0 Å². The smallest absolute Gasteiger partial charge is 0.224 e. The monoisotopic (exact) mass is 222 g/mol. The fraction of sp³-hybridized carbons (Fsp3) is 0.417. The Morgan fingerprint density at radius 2 is 2.31 bits per heavy atom. The van der Waals surface area contributed by atoms with Crippen molar-refractivity contribution in [3.05, 3.63) is 29.8 Å². The second kappa shape index (κ2) is 6.25. The number of aliphatic hydroxyl groups is 1. The number of nitrogens with two attached hydrogens (primary N) is 1. The van der Waals surface area contributed by atoms with Gasteiger partial charge in [0.25, 0.3) is 0 Å². The number of hydrogen-bond acceptors (Lipinski definition) is 3. The molecule has 4 nitrogen and oxygen atoms in total. The summed E-state index contributed by atoms with van der Waals surface area (Å²) in [5.74, 6) is 0.133. The van der Waals surface area contributed by atoms with Crippen molar-refractivity contribution >= 4 is 11.6 Å². The average Bonchev–Trinajstić information content (AvgIpc) is 2.28. The van der Waals surface area contributed by atoms with E-state index in [2.05, 4.69) is 5.32 Å². The van der Waals surface area contributed by atoms with E-state index in [1.807, 2.05) is 6.92 Å². The van der Waals surface area contributed by atoms with Gasteiger partial charge in [-0.05, 0) is 30.2 Å². The zero-order valence-corrected chi connectivity index (χ0v) is 9.44. The molecular formula is C12H18N2O2. The summed E-state index contributed by atoms with van der Waals surface area (Å²) in [7, 11) is 0. The van der Waals surface area contributed by atoms with Gasteiger partial charge in [-0.15, -0.1) is 0 Å². The Kier molecular flexibility index (Phi) is 4.95. The highest BCUT2D eigenvalue weighted by molar-refractivity contribution is 5.90. The summed E-state index contributed by atoms with van der Waals surface area (Å²) in [6.45, 7) is 2.41. The SMILES string of the molecule is CC(CN)CC(=O)Nc1cccc(CO)c1. The fourth-order valence-corrected chi connectivity index (χ4v) is 1.36. The Balaban J connectivity index is 2.55. The Labute approximate surface area is 95.5 Å². The van der Waals surface area contributed by atoms with E-state index in [4.69, 9.17) is 10.8 Å². The van der Waals surface area contributed by atoms with Crippen LogP contribution in [0.5, 0.6) is 0 Å². The number of benzene rings is 1. The minimum absolute atomic E-state index is 0.0249. The predicted molar refractivity (Wildman–Crippen MR) is 63.8 cm³/mol. The lowest BCUT2D eigenvalue weighted by atomic mass is 10.1. The molecule has 1 aromatic rings. The maximum atomic E-state index is 11.6. The molecule has 1 amide bonds. The fourth-order valence-electron chi connectivity index (χ4n) is 1.36. The maximum absolute atomic E-state index is 11.6. The van der Waals surface area contributed by atoms with Gasteiger partial charge >= 0.3 is 0 Å². The minimum Gasteiger partial charge on any atom is -0.392 e. The molecule has 88 valence electrons. The maximum Gasteiger partial charge on any atom is 0.224 e. The zero-order valence-electron chi connectivity index (χ0n) is 9.44. The molecule has 16 heavy (non-hydrogen) atoms. The van der Waals surface area contributed by atoms with Crippen LogP contribution in [0.3, 0.4) is 0 Å². The van der Waals surface area contributed by atoms with Crippen LogP contribution >= 0.6 is 0 Å². The van der Waals surface area contributed by atoms with Crippen molar-refractivity contribution in [2.45, 2.75) is 20.0 Å². The molecule has 4 N–H and O–H groups in total. The van der Waals surface area contributed by atoms with Crippen LogP contribution in [0, 0.1) is 5.92 Å². The second-order valence-electron chi connectivity index (χ2n) is 3.95. The van der Waals surface area contributed by atoms with E-state index in [-0.39, 0.29) is 18.4 Å². The van der Waals surface area contributed by atoms with Crippen molar-refractivity contribution in [3.63, 3.8) is 0 Å². The molecule has 0 aliphatic rings. The van der Waals surface area contributed by atoms with Gasteiger partial charge in [0.05, 0.1) is 6.61 Å². The van der Waals surface area contributed by atoms with E-state index >= 15 is 0 Å². The van der Waals surface area contributed by atoms with Crippen LogP contribution in [0.25, 0.3) is 0 Å². The number of anilines is 1. The summed E-state index contributed by atoms with van der Waals surface area (Å²) in [6, 6.07) is 7.15. The van der Waals surface area contributed by atoms with E-state index in [0.717, 1.165) is 5.56 Å². The molecule has 0 aliphatic carbocycles. The lowest BCUT2D eigenvalue weighted by molar-refractivity contribution is -0.116. The Morgan fingerprint density at radius 3 is 2.94 bits per heavy atom. The summed E-state index contributed by atoms with van der Waals surface area (Å²) in [5, 5.41) is 11.7. The molecule has 0 bridgehead atoms. The topological polar surface area (TPSA) is 75.4 Å². The molecule has 0 spiro atoms. The third kappa shape index (κ3) is 4.00. The summed E-state index contributed by atoms with van der Waals surface area (Å²) < 4.78 is 0. The van der Waals surface area contributed by atoms with Gasteiger partial charge in [-0.2, -0.15) is 0 Å². The number of rotatable bonds is 5. The molecule has 0 heterocycles. The van der Waals surface area contributed by atoms with Crippen molar-refractivity contribution < 1.29 is 9.90 Å². The average molecular weight is 222 g/mol. The predicted octanol–water partition coefficient (Wildman–Crippen LogP) is 1.10. The van der Waals surface area contributed by atoms with Crippen molar-refractivity contribution in [3.8, 4) is 0 Å². The van der Waals surface area contributed by atoms with E-state index in [9.17, 15) is 4.79 Å². The van der Waals surface area contributed by atoms with Crippen LogP contribution in [-0.2, 0) is 11.4 Å². The molecule has 1 rings (SSSR count). The number of aliphatic hydroxyl groups excluding tert-OH is 1. The molecule has 0 radical (unpaired) electrons. The summed E-state index contributed by atoms with van der Waals surface area (Å²) in [4.78, 5) is 11.6. The Hall–Kier alpha value is -1.39. The van der Waals surface area contributed by atoms with Crippen molar-refractivity contribution in [1.82, 2.24) is 0 Å². The van der Waals surface area contributed by atoms with Crippen LogP contribution < -0.4 is 11.1 Å². The third-order valence-electron chi connectivity index (χ3n) is 2.33. The number of carbonyl (C=O) groups is 1. The summed E-state index contributed by atoms with van der Waals surface area (Å²) >= 11 is 0. The van der Waals surface area contributed by atoms with Gasteiger partial charge in [0.15, 0.2) is 0 Å². The zero-order chi connectivity index (χ0) is 12.0. The minimum atomic E-state index is -0.0481. The van der Waals surface area contributed by atoms with Gasteiger partial charge in [0.2, 0.25) is 5.91 Å². The molecule has 1 unspecified atom stereocenters. The first kappa shape index (κ1) is 12.7. The quantitative estimate of drug-likeness (QED) is 0.698. The first-order valence-electron chi connectivity index (χ1n) is 5.35. The highest BCUT2D eigenvalue weighted by Crippen LogP contribution is 2.11. The van der Waals surface area contributed by atoms with Crippen LogP contribution in [0.4, 0.5) is 5.69 Å². The van der Waals surface area contributed by atoms with Gasteiger partial charge in [-0.3, -0.25) is 4.79 Å². The van der Waals surface area contributed by atoms with E-state index in [1.54, 1.807) is 24.3 Å². The standard InChI is InChI=1S/C12H18N2O2/c1-9(7-13)5-12(16)14-11-4-2-3-10(6-11)8-15/h2-4,6,9,15H,5,7-8,13H2,1H3,(H,14,16). The second-order valence-corrected chi connectivity index (χ2v) is 3.95. The number of amides is 1. The lowest BCUT2D eigenvalue weighted by Gasteiger charge is -2.09. The summed E-state index contributed by atoms with van der Waals surface area (Å²) in [6.07, 6.45) is 0.417. The van der Waals surface area contributed by atoms with E-state index in [1.165, 1.54) is 0 Å². The molecule has 0 saturated heterocycles. The normalized spacial score (nSPS) is 12.2. The molecule has 0 aliphatic heterocycles. The van der Waals surface area contributed by atoms with Crippen LogP contribution in [0.15, 0.2) is 24.3 Å². The lowest BCUT2D eigenvalue weighted by Crippen LogP contribution is -2.20. The van der Waals surface area contributed by atoms with Crippen molar-refractivity contribution in [2.24, 2.45) is 11.7 Å². The molecule has 0 aromatic heterocycles. The largest absolute Gasteiger partial charge is 0.392 e. The number of nitrogens with one attached hydrogen (secondary N) is 1. The number of carbonyl (C=O) groups excluding carboxylic acids is 1.